The molecule has 2 heterocycles. The Kier molecular flexibility index (Phi) is 6.74. The molecule has 0 radical (unpaired) electrons. The summed E-state index contributed by atoms with van der Waals surface area (Å²) in [6, 6.07) is 17.4. The van der Waals surface area contributed by atoms with Crippen LogP contribution < -0.4 is 0 Å². The third kappa shape index (κ3) is 4.87. The first-order chi connectivity index (χ1) is 14.7. The predicted octanol–water partition coefficient (Wildman–Crippen LogP) is 5.34. The maximum Gasteiger partial charge on any atom is 0.269 e. The zero-order valence-corrected chi connectivity index (χ0v) is 17.4. The van der Waals surface area contributed by atoms with Gasteiger partial charge in [-0.2, -0.15) is 0 Å². The molecule has 2 aliphatic heterocycles. The summed E-state index contributed by atoms with van der Waals surface area (Å²) in [7, 11) is 0. The number of likely N-dealkylation sites (tertiary alicyclic amines) is 2. The maximum atomic E-state index is 11.0. The fourth-order valence-corrected chi connectivity index (χ4v) is 4.54. The lowest BCUT2D eigenvalue weighted by Crippen LogP contribution is -2.46. The summed E-state index contributed by atoms with van der Waals surface area (Å²) in [4.78, 5) is 20.8. The number of piperidine rings is 2. The highest BCUT2D eigenvalue weighted by atomic mass is 16.6. The predicted molar refractivity (Wildman–Crippen MR) is 120 cm³/mol. The fourth-order valence-electron chi connectivity index (χ4n) is 4.54. The minimum Gasteiger partial charge on any atom is -0.358 e. The van der Waals surface area contributed by atoms with Gasteiger partial charge < -0.3 is 4.90 Å². The second kappa shape index (κ2) is 9.85. The molecule has 158 valence electrons. The Bertz CT molecular complexity index is 855. The average molecular weight is 407 g/mol. The molecule has 0 bridgehead atoms. The first-order valence-corrected chi connectivity index (χ1v) is 11.1. The van der Waals surface area contributed by atoms with Crippen LogP contribution in [0.3, 0.4) is 0 Å². The summed E-state index contributed by atoms with van der Waals surface area (Å²) < 4.78 is 0. The van der Waals surface area contributed by atoms with Crippen LogP contribution in [0.25, 0.3) is 0 Å². The Labute approximate surface area is 178 Å². The molecule has 0 aliphatic carbocycles. The average Bonchev–Trinajstić information content (AvgIpc) is 2.81. The van der Waals surface area contributed by atoms with Crippen LogP contribution in [0, 0.1) is 10.1 Å². The van der Waals surface area contributed by atoms with Crippen molar-refractivity contribution in [1.82, 2.24) is 9.80 Å². The summed E-state index contributed by atoms with van der Waals surface area (Å²) >= 11 is 0. The highest BCUT2D eigenvalue weighted by molar-refractivity contribution is 5.91. The van der Waals surface area contributed by atoms with E-state index in [2.05, 4.69) is 40.1 Å². The van der Waals surface area contributed by atoms with Crippen LogP contribution >= 0.6 is 0 Å². The standard InChI is InChI=1S/C24H30N4O2/c29-28(30)22-14-12-21(13-15-22)25-24(27-18-8-3-9-19-27)23(20-10-4-1-5-11-20)26-16-6-2-7-17-26/h1,4-5,10-15,23H,2-3,6-9,16-19H2. The van der Waals surface area contributed by atoms with Crippen LogP contribution in [-0.4, -0.2) is 46.7 Å². The number of hydrogen-bond donors (Lipinski definition) is 0. The Morgan fingerprint density at radius 3 is 2.03 bits per heavy atom. The highest BCUT2D eigenvalue weighted by Gasteiger charge is 2.31. The second-order valence-electron chi connectivity index (χ2n) is 8.20. The lowest BCUT2D eigenvalue weighted by atomic mass is 9.98. The van der Waals surface area contributed by atoms with Crippen LogP contribution in [0.2, 0.25) is 0 Å². The van der Waals surface area contributed by atoms with Gasteiger partial charge in [0.15, 0.2) is 0 Å². The molecule has 0 N–H and O–H groups in total. The molecule has 0 spiro atoms. The molecule has 30 heavy (non-hydrogen) atoms. The summed E-state index contributed by atoms with van der Waals surface area (Å²) in [6.07, 6.45) is 7.35. The van der Waals surface area contributed by atoms with Gasteiger partial charge in [0.1, 0.15) is 5.84 Å². The number of hydrogen-bond acceptors (Lipinski definition) is 4. The number of aliphatic imine (C=N–C) groups is 1. The molecule has 0 aromatic heterocycles. The van der Waals surface area contributed by atoms with Crippen molar-refractivity contribution in [2.75, 3.05) is 26.2 Å². The van der Waals surface area contributed by atoms with Crippen molar-refractivity contribution >= 4 is 17.2 Å². The molecule has 2 fully saturated rings. The lowest BCUT2D eigenvalue weighted by Gasteiger charge is -2.40. The molecule has 6 heteroatoms. The van der Waals surface area contributed by atoms with Crippen molar-refractivity contribution in [3.63, 3.8) is 0 Å². The van der Waals surface area contributed by atoms with Gasteiger partial charge in [-0.3, -0.25) is 15.0 Å². The summed E-state index contributed by atoms with van der Waals surface area (Å²) in [5.74, 6) is 1.08. The second-order valence-corrected chi connectivity index (χ2v) is 8.20. The van der Waals surface area contributed by atoms with Crippen molar-refractivity contribution in [2.45, 2.75) is 44.6 Å². The van der Waals surface area contributed by atoms with Gasteiger partial charge in [0.2, 0.25) is 0 Å². The quantitative estimate of drug-likeness (QED) is 0.291. The van der Waals surface area contributed by atoms with Gasteiger partial charge >= 0.3 is 0 Å². The topological polar surface area (TPSA) is 62.0 Å². The fraction of sp³-hybridized carbons (Fsp3) is 0.458. The lowest BCUT2D eigenvalue weighted by molar-refractivity contribution is -0.384. The molecule has 2 saturated heterocycles. The van der Waals surface area contributed by atoms with Crippen LogP contribution in [0.5, 0.6) is 0 Å². The van der Waals surface area contributed by atoms with Gasteiger partial charge in [0, 0.05) is 25.2 Å². The van der Waals surface area contributed by atoms with Crippen molar-refractivity contribution < 1.29 is 4.92 Å². The molecule has 1 atom stereocenters. The maximum absolute atomic E-state index is 11.0. The van der Waals surface area contributed by atoms with Crippen LogP contribution in [0.4, 0.5) is 11.4 Å². The minimum atomic E-state index is -0.362. The summed E-state index contributed by atoms with van der Waals surface area (Å²) in [5, 5.41) is 11.0. The van der Waals surface area contributed by atoms with Gasteiger partial charge in [-0.25, -0.2) is 4.99 Å². The number of amidine groups is 1. The van der Waals surface area contributed by atoms with Crippen molar-refractivity contribution in [1.29, 1.82) is 0 Å². The van der Waals surface area contributed by atoms with Crippen LogP contribution in [0.15, 0.2) is 59.6 Å². The zero-order valence-electron chi connectivity index (χ0n) is 17.4. The number of benzene rings is 2. The largest absolute Gasteiger partial charge is 0.358 e. The molecule has 0 amide bonds. The van der Waals surface area contributed by atoms with Crippen molar-refractivity contribution in [3.8, 4) is 0 Å². The molecular formula is C24H30N4O2. The van der Waals surface area contributed by atoms with E-state index >= 15 is 0 Å². The normalized spacial score (nSPS) is 19.5. The SMILES string of the molecule is O=[N+]([O-])c1ccc(N=C(C(c2ccccc2)N2CCCCC2)N2CCCCC2)cc1. The Balaban J connectivity index is 1.75. The van der Waals surface area contributed by atoms with Crippen molar-refractivity contribution in [2.24, 2.45) is 4.99 Å². The third-order valence-electron chi connectivity index (χ3n) is 6.10. The van der Waals surface area contributed by atoms with E-state index in [0.717, 1.165) is 37.7 Å². The van der Waals surface area contributed by atoms with Gasteiger partial charge in [-0.15, -0.1) is 0 Å². The van der Waals surface area contributed by atoms with E-state index in [9.17, 15) is 10.1 Å². The summed E-state index contributed by atoms with van der Waals surface area (Å²) in [5.41, 5.74) is 2.15. The number of nitro groups is 1. The van der Waals surface area contributed by atoms with Crippen molar-refractivity contribution in [3.05, 3.63) is 70.3 Å². The third-order valence-corrected chi connectivity index (χ3v) is 6.10. The van der Waals surface area contributed by atoms with Crippen LogP contribution in [0.1, 0.15) is 50.1 Å². The molecule has 6 nitrogen and oxygen atoms in total. The monoisotopic (exact) mass is 406 g/mol. The van der Waals surface area contributed by atoms with E-state index in [1.165, 1.54) is 44.1 Å². The number of rotatable bonds is 5. The van der Waals surface area contributed by atoms with Gasteiger partial charge in [-0.1, -0.05) is 36.8 Å². The molecule has 0 saturated carbocycles. The van der Waals surface area contributed by atoms with E-state index in [0.29, 0.717) is 0 Å². The van der Waals surface area contributed by atoms with Gasteiger partial charge in [-0.05, 0) is 62.9 Å². The van der Waals surface area contributed by atoms with E-state index in [1.54, 1.807) is 24.3 Å². The minimum absolute atomic E-state index is 0.101. The van der Waals surface area contributed by atoms with Gasteiger partial charge in [0.05, 0.1) is 16.7 Å². The Morgan fingerprint density at radius 1 is 0.833 bits per heavy atom. The zero-order chi connectivity index (χ0) is 20.8. The highest BCUT2D eigenvalue weighted by Crippen LogP contribution is 2.31. The molecule has 4 rings (SSSR count). The van der Waals surface area contributed by atoms with E-state index in [4.69, 9.17) is 4.99 Å². The van der Waals surface area contributed by atoms with E-state index in [1.807, 2.05) is 0 Å². The Hall–Kier alpha value is -2.73. The number of nitrogens with zero attached hydrogens (tertiary/aromatic N) is 4. The molecule has 2 aromatic carbocycles. The van der Waals surface area contributed by atoms with E-state index < -0.39 is 0 Å². The first-order valence-electron chi connectivity index (χ1n) is 11.1. The molecular weight excluding hydrogens is 376 g/mol. The first kappa shape index (κ1) is 20.5. The molecule has 1 unspecified atom stereocenters. The van der Waals surface area contributed by atoms with Crippen LogP contribution in [-0.2, 0) is 0 Å². The summed E-state index contributed by atoms with van der Waals surface area (Å²) in [6.45, 7) is 4.19. The number of nitro benzene ring substituents is 1. The Morgan fingerprint density at radius 2 is 1.43 bits per heavy atom. The molecule has 2 aromatic rings. The molecule has 2 aliphatic rings. The smallest absolute Gasteiger partial charge is 0.269 e. The van der Waals surface area contributed by atoms with E-state index in [-0.39, 0.29) is 16.7 Å². The van der Waals surface area contributed by atoms with Gasteiger partial charge in [0.25, 0.3) is 5.69 Å². The number of non-ortho nitro benzene ring substituents is 1.